The smallest absolute Gasteiger partial charge is 0.180 e. The highest BCUT2D eigenvalue weighted by Crippen LogP contribution is 2.28. The van der Waals surface area contributed by atoms with Crippen LogP contribution in [0.3, 0.4) is 0 Å². The van der Waals surface area contributed by atoms with Crippen molar-refractivity contribution in [1.82, 2.24) is 0 Å². The Labute approximate surface area is 124 Å². The van der Waals surface area contributed by atoms with Crippen molar-refractivity contribution in [2.75, 3.05) is 0 Å². The Morgan fingerprint density at radius 3 is 1.83 bits per heavy atom. The number of rotatable bonds is 3. The van der Waals surface area contributed by atoms with Gasteiger partial charge in [0.1, 0.15) is 4.83 Å². The highest BCUT2D eigenvalue weighted by atomic mass is 79.9. The highest BCUT2D eigenvalue weighted by molar-refractivity contribution is 9.09. The maximum Gasteiger partial charge on any atom is 0.180 e. The molecule has 0 saturated heterocycles. The molecular formula is C14H9BrCl2O. The lowest BCUT2D eigenvalue weighted by Crippen LogP contribution is -2.06. The van der Waals surface area contributed by atoms with Crippen LogP contribution in [0.2, 0.25) is 10.0 Å². The first-order chi connectivity index (χ1) is 8.58. The van der Waals surface area contributed by atoms with Crippen molar-refractivity contribution in [3.63, 3.8) is 0 Å². The molecule has 18 heavy (non-hydrogen) atoms. The number of Topliss-reactive ketones (excluding diaryl/α,β-unsaturated/α-hetero) is 1. The monoisotopic (exact) mass is 342 g/mol. The van der Waals surface area contributed by atoms with E-state index in [1.807, 2.05) is 12.1 Å². The summed E-state index contributed by atoms with van der Waals surface area (Å²) in [4.78, 5) is 11.8. The predicted octanol–water partition coefficient (Wildman–Crippen LogP) is 5.31. The molecule has 0 aliphatic heterocycles. The van der Waals surface area contributed by atoms with Gasteiger partial charge in [-0.05, 0) is 42.0 Å². The Morgan fingerprint density at radius 2 is 1.33 bits per heavy atom. The first-order valence-electron chi connectivity index (χ1n) is 5.27. The van der Waals surface area contributed by atoms with Crippen LogP contribution in [-0.2, 0) is 0 Å². The number of carbonyl (C=O) groups excluding carboxylic acids is 1. The molecule has 0 aromatic heterocycles. The van der Waals surface area contributed by atoms with Gasteiger partial charge in [0.05, 0.1) is 0 Å². The van der Waals surface area contributed by atoms with Crippen molar-refractivity contribution in [3.8, 4) is 0 Å². The van der Waals surface area contributed by atoms with Crippen LogP contribution >= 0.6 is 39.1 Å². The second kappa shape index (κ2) is 5.87. The summed E-state index contributed by atoms with van der Waals surface area (Å²) in [6.07, 6.45) is 0. The molecule has 0 radical (unpaired) electrons. The molecule has 4 heteroatoms. The van der Waals surface area contributed by atoms with E-state index in [2.05, 4.69) is 15.9 Å². The van der Waals surface area contributed by atoms with Crippen LogP contribution in [-0.4, -0.2) is 5.78 Å². The van der Waals surface area contributed by atoms with Crippen LogP contribution < -0.4 is 0 Å². The van der Waals surface area contributed by atoms with E-state index in [0.717, 1.165) is 5.56 Å². The Bertz CT molecular complexity index is 549. The average molecular weight is 344 g/mol. The molecule has 0 saturated carbocycles. The largest absolute Gasteiger partial charge is 0.293 e. The zero-order valence-electron chi connectivity index (χ0n) is 9.24. The third-order valence-corrected chi connectivity index (χ3v) is 3.97. The van der Waals surface area contributed by atoms with Crippen LogP contribution in [0.4, 0.5) is 0 Å². The molecule has 0 aliphatic carbocycles. The lowest BCUT2D eigenvalue weighted by molar-refractivity contribution is 0.0991. The Kier molecular flexibility index (Phi) is 4.44. The highest BCUT2D eigenvalue weighted by Gasteiger charge is 2.18. The number of alkyl halides is 1. The van der Waals surface area contributed by atoms with Crippen molar-refractivity contribution >= 4 is 44.9 Å². The molecular weight excluding hydrogens is 335 g/mol. The molecule has 2 aromatic rings. The number of hydrogen-bond donors (Lipinski definition) is 0. The number of benzene rings is 2. The van der Waals surface area contributed by atoms with Crippen LogP contribution in [0.25, 0.3) is 0 Å². The van der Waals surface area contributed by atoms with Crippen molar-refractivity contribution in [2.24, 2.45) is 0 Å². The summed E-state index contributed by atoms with van der Waals surface area (Å²) in [6.45, 7) is 0. The third kappa shape index (κ3) is 3.14. The Morgan fingerprint density at radius 1 is 0.889 bits per heavy atom. The zero-order chi connectivity index (χ0) is 13.1. The number of carbonyl (C=O) groups is 1. The second-order valence-electron chi connectivity index (χ2n) is 3.79. The van der Waals surface area contributed by atoms with E-state index in [4.69, 9.17) is 23.2 Å². The first-order valence-corrected chi connectivity index (χ1v) is 6.94. The standard InChI is InChI=1S/C14H9BrCl2O/c15-13(9-1-5-11(16)6-2-9)14(18)10-3-7-12(17)8-4-10/h1-8,13H/t13-/m1/s1. The van der Waals surface area contributed by atoms with E-state index < -0.39 is 0 Å². The fourth-order valence-corrected chi connectivity index (χ4v) is 2.37. The fourth-order valence-electron chi connectivity index (χ4n) is 1.54. The second-order valence-corrected chi connectivity index (χ2v) is 5.57. The molecule has 1 nitrogen and oxygen atoms in total. The summed E-state index contributed by atoms with van der Waals surface area (Å²) >= 11 is 15.0. The molecule has 0 bridgehead atoms. The Hall–Kier alpha value is -0.830. The number of halogens is 3. The van der Waals surface area contributed by atoms with E-state index in [-0.39, 0.29) is 10.6 Å². The summed E-state index contributed by atoms with van der Waals surface area (Å²) in [7, 11) is 0. The molecule has 92 valence electrons. The molecule has 0 unspecified atom stereocenters. The van der Waals surface area contributed by atoms with Crippen molar-refractivity contribution in [3.05, 3.63) is 69.7 Å². The molecule has 0 amide bonds. The van der Waals surface area contributed by atoms with E-state index >= 15 is 0 Å². The van der Waals surface area contributed by atoms with Crippen molar-refractivity contribution < 1.29 is 4.79 Å². The molecule has 2 aromatic carbocycles. The average Bonchev–Trinajstić information content (AvgIpc) is 2.39. The van der Waals surface area contributed by atoms with Gasteiger partial charge in [-0.15, -0.1) is 0 Å². The van der Waals surface area contributed by atoms with Crippen LogP contribution in [0.5, 0.6) is 0 Å². The van der Waals surface area contributed by atoms with Gasteiger partial charge in [-0.2, -0.15) is 0 Å². The molecule has 0 fully saturated rings. The number of hydrogen-bond acceptors (Lipinski definition) is 1. The SMILES string of the molecule is O=C(c1ccc(Cl)cc1)[C@H](Br)c1ccc(Cl)cc1. The molecule has 0 heterocycles. The van der Waals surface area contributed by atoms with E-state index in [0.29, 0.717) is 15.6 Å². The maximum absolute atomic E-state index is 12.2. The predicted molar refractivity (Wildman–Crippen MR) is 78.9 cm³/mol. The quantitative estimate of drug-likeness (QED) is 0.545. The molecule has 2 rings (SSSR count). The Balaban J connectivity index is 2.23. The summed E-state index contributed by atoms with van der Waals surface area (Å²) in [5.74, 6) is -0.00557. The van der Waals surface area contributed by atoms with Gasteiger partial charge in [0.2, 0.25) is 0 Å². The lowest BCUT2D eigenvalue weighted by Gasteiger charge is -2.09. The topological polar surface area (TPSA) is 17.1 Å². The zero-order valence-corrected chi connectivity index (χ0v) is 12.3. The summed E-state index contributed by atoms with van der Waals surface area (Å²) in [5.41, 5.74) is 1.50. The molecule has 0 N–H and O–H groups in total. The fraction of sp³-hybridized carbons (Fsp3) is 0.0714. The minimum atomic E-state index is -0.379. The molecule has 0 aliphatic rings. The molecule has 1 atom stereocenters. The normalized spacial score (nSPS) is 12.2. The van der Waals surface area contributed by atoms with Gasteiger partial charge < -0.3 is 0 Å². The van der Waals surface area contributed by atoms with E-state index in [9.17, 15) is 4.79 Å². The van der Waals surface area contributed by atoms with Gasteiger partial charge in [0, 0.05) is 15.6 Å². The van der Waals surface area contributed by atoms with Crippen LogP contribution in [0.1, 0.15) is 20.7 Å². The number of ketones is 1. The van der Waals surface area contributed by atoms with Crippen LogP contribution in [0.15, 0.2) is 48.5 Å². The van der Waals surface area contributed by atoms with E-state index in [1.54, 1.807) is 36.4 Å². The summed E-state index contributed by atoms with van der Waals surface area (Å²) in [5, 5.41) is 1.27. The maximum atomic E-state index is 12.2. The lowest BCUT2D eigenvalue weighted by atomic mass is 10.0. The first kappa shape index (κ1) is 13.6. The van der Waals surface area contributed by atoms with Crippen LogP contribution in [0, 0.1) is 0 Å². The van der Waals surface area contributed by atoms with Crippen molar-refractivity contribution in [2.45, 2.75) is 4.83 Å². The minimum absolute atomic E-state index is 0.00557. The van der Waals surface area contributed by atoms with Gasteiger partial charge >= 0.3 is 0 Å². The van der Waals surface area contributed by atoms with Gasteiger partial charge in [-0.1, -0.05) is 51.3 Å². The van der Waals surface area contributed by atoms with Gasteiger partial charge in [-0.25, -0.2) is 0 Å². The van der Waals surface area contributed by atoms with Gasteiger partial charge in [-0.3, -0.25) is 4.79 Å². The summed E-state index contributed by atoms with van der Waals surface area (Å²) in [6, 6.07) is 14.0. The van der Waals surface area contributed by atoms with Crippen molar-refractivity contribution in [1.29, 1.82) is 0 Å². The molecule has 0 spiro atoms. The van der Waals surface area contributed by atoms with Gasteiger partial charge in [0.15, 0.2) is 5.78 Å². The third-order valence-electron chi connectivity index (χ3n) is 2.52. The summed E-state index contributed by atoms with van der Waals surface area (Å²) < 4.78 is 0. The van der Waals surface area contributed by atoms with E-state index in [1.165, 1.54) is 0 Å². The van der Waals surface area contributed by atoms with Gasteiger partial charge in [0.25, 0.3) is 0 Å². The minimum Gasteiger partial charge on any atom is -0.293 e.